The smallest absolute Gasteiger partial charge is 0.187 e. The van der Waals surface area contributed by atoms with Crippen molar-refractivity contribution in [2.24, 2.45) is 51.2 Å². The number of hydrogen-bond donors (Lipinski definition) is 8. The van der Waals surface area contributed by atoms with E-state index in [1.54, 1.807) is 20.8 Å². The Kier molecular flexibility index (Phi) is 11.6. The molecule has 57 heavy (non-hydrogen) atoms. The summed E-state index contributed by atoms with van der Waals surface area (Å²) in [6, 6.07) is 0. The molecule has 8 N–H and O–H groups in total. The summed E-state index contributed by atoms with van der Waals surface area (Å²) in [5, 5.41) is 88.1. The van der Waals surface area contributed by atoms with Crippen molar-refractivity contribution >= 4 is 5.78 Å². The van der Waals surface area contributed by atoms with Gasteiger partial charge in [0.2, 0.25) is 0 Å². The third kappa shape index (κ3) is 6.73. The zero-order chi connectivity index (χ0) is 42.0. The molecule has 8 unspecified atom stereocenters. The van der Waals surface area contributed by atoms with Gasteiger partial charge >= 0.3 is 0 Å². The predicted molar refractivity (Wildman–Crippen MR) is 204 cm³/mol. The number of hydrogen-bond acceptors (Lipinski definition) is 14. The largest absolute Gasteiger partial charge is 0.394 e. The Labute approximate surface area is 337 Å². The quantitative estimate of drug-likeness (QED) is 0.164. The minimum Gasteiger partial charge on any atom is -0.394 e. The molecule has 21 atom stereocenters. The van der Waals surface area contributed by atoms with Crippen LogP contribution in [0.4, 0.5) is 0 Å². The highest BCUT2D eigenvalue weighted by molar-refractivity contribution is 5.85. The van der Waals surface area contributed by atoms with Crippen LogP contribution in [0.25, 0.3) is 0 Å². The minimum atomic E-state index is -1.68. The first-order valence-electron chi connectivity index (χ1n) is 21.6. The topological polar surface area (TPSA) is 225 Å². The maximum absolute atomic E-state index is 13.9. The van der Waals surface area contributed by atoms with Crippen molar-refractivity contribution in [1.29, 1.82) is 0 Å². The van der Waals surface area contributed by atoms with E-state index in [-0.39, 0.29) is 41.0 Å². The first-order chi connectivity index (χ1) is 26.4. The molecule has 7 aliphatic rings. The van der Waals surface area contributed by atoms with E-state index in [2.05, 4.69) is 27.7 Å². The third-order valence-electron chi connectivity index (χ3n) is 17.6. The standard InChI is InChI=1S/C43H72O14/c1-20-24(18-44)54-36(33(51)30(20)48)56-34-32(50)31(49)25(19-45)55-37(34)53-23-17-42(8)26(40(6)13-11-27(47)38(2,3)35(23)40)16-22(46)29-21(10-14-41(29,42)7)43(9)15-12-28(57-43)39(4,5)52/h20-26,28-37,44-46,48-52H,10-19H2,1-9H3/t20-,21?,22+,23-,24?,25?,26?,28+,29?,30?,31-,32?,33+,34+,35?,36+,37-,40+,41+,42+,43-/m0/s1. The van der Waals surface area contributed by atoms with Crippen LogP contribution in [0.3, 0.4) is 0 Å². The number of aliphatic hydroxyl groups excluding tert-OH is 7. The maximum Gasteiger partial charge on any atom is 0.187 e. The second kappa shape index (κ2) is 14.9. The summed E-state index contributed by atoms with van der Waals surface area (Å²) in [6.07, 6.45) is -9.12. The van der Waals surface area contributed by atoms with Crippen LogP contribution in [0.5, 0.6) is 0 Å². The zero-order valence-corrected chi connectivity index (χ0v) is 35.4. The summed E-state index contributed by atoms with van der Waals surface area (Å²) in [5.41, 5.74) is -3.69. The lowest BCUT2D eigenvalue weighted by Crippen LogP contribution is -2.70. The molecule has 14 nitrogen and oxygen atoms in total. The number of Topliss-reactive ketones (excluding diaryl/α,β-unsaturated/α-hetero) is 1. The van der Waals surface area contributed by atoms with Crippen molar-refractivity contribution in [3.63, 3.8) is 0 Å². The molecule has 3 heterocycles. The molecule has 3 saturated heterocycles. The number of rotatable bonds is 8. The molecule has 328 valence electrons. The van der Waals surface area contributed by atoms with Crippen molar-refractivity contribution in [2.45, 2.75) is 199 Å². The molecule has 4 saturated carbocycles. The molecule has 7 fully saturated rings. The lowest BCUT2D eigenvalue weighted by atomic mass is 9.34. The normalized spacial score (nSPS) is 55.2. The summed E-state index contributed by atoms with van der Waals surface area (Å²) in [7, 11) is 0. The van der Waals surface area contributed by atoms with E-state index in [4.69, 9.17) is 23.7 Å². The van der Waals surface area contributed by atoms with Crippen LogP contribution in [-0.4, -0.2) is 145 Å². The Morgan fingerprint density at radius 2 is 1.44 bits per heavy atom. The Bertz CT molecular complexity index is 1490. The van der Waals surface area contributed by atoms with Crippen molar-refractivity contribution < 1.29 is 69.3 Å². The van der Waals surface area contributed by atoms with Crippen molar-refractivity contribution in [2.75, 3.05) is 13.2 Å². The van der Waals surface area contributed by atoms with Crippen molar-refractivity contribution in [1.82, 2.24) is 0 Å². The van der Waals surface area contributed by atoms with E-state index in [0.29, 0.717) is 25.7 Å². The van der Waals surface area contributed by atoms with Crippen molar-refractivity contribution in [3.05, 3.63) is 0 Å². The lowest BCUT2D eigenvalue weighted by molar-refractivity contribution is -0.379. The summed E-state index contributed by atoms with van der Waals surface area (Å²) < 4.78 is 32.1. The molecular weight excluding hydrogens is 740 g/mol. The van der Waals surface area contributed by atoms with Crippen LogP contribution >= 0.6 is 0 Å². The van der Waals surface area contributed by atoms with Gasteiger partial charge < -0.3 is 64.5 Å². The van der Waals surface area contributed by atoms with Crippen LogP contribution in [0, 0.1) is 51.2 Å². The van der Waals surface area contributed by atoms with Gasteiger partial charge in [-0.25, -0.2) is 0 Å². The van der Waals surface area contributed by atoms with Crippen LogP contribution in [0.1, 0.15) is 114 Å². The molecule has 0 amide bonds. The first-order valence-corrected chi connectivity index (χ1v) is 21.6. The average Bonchev–Trinajstić information content (AvgIpc) is 3.73. The maximum atomic E-state index is 13.9. The fourth-order valence-electron chi connectivity index (χ4n) is 14.2. The Balaban J connectivity index is 1.26. The number of carbonyl (C=O) groups is 1. The van der Waals surface area contributed by atoms with Gasteiger partial charge in [0.15, 0.2) is 12.6 Å². The SMILES string of the molecule is C[C@H]1C(CO)O[C@H](O[C@@H]2C(O)[C@@H](O)C(CO)O[C@@H]2O[C@H]2C[C@]3(C)C(C[C@@H](O)C4C([C@]5(C)CC[C@H](C(C)(C)O)O5)CC[C@]43C)[C@@]3(C)CCC(=O)C(C)(C)C23)[C@H](O)C1O. The Morgan fingerprint density at radius 3 is 2.05 bits per heavy atom. The highest BCUT2D eigenvalue weighted by Crippen LogP contribution is 2.76. The van der Waals surface area contributed by atoms with Gasteiger partial charge in [0, 0.05) is 23.7 Å². The van der Waals surface area contributed by atoms with Gasteiger partial charge in [0.25, 0.3) is 0 Å². The van der Waals surface area contributed by atoms with Crippen LogP contribution in [0.15, 0.2) is 0 Å². The molecule has 3 aliphatic heterocycles. The Morgan fingerprint density at radius 1 is 0.789 bits per heavy atom. The number of aliphatic hydroxyl groups is 8. The van der Waals surface area contributed by atoms with Crippen LogP contribution < -0.4 is 0 Å². The molecule has 0 spiro atoms. The van der Waals surface area contributed by atoms with E-state index < -0.39 is 114 Å². The third-order valence-corrected chi connectivity index (χ3v) is 17.6. The lowest BCUT2D eigenvalue weighted by Gasteiger charge is -2.71. The molecule has 7 rings (SSSR count). The average molecular weight is 813 g/mol. The van der Waals surface area contributed by atoms with Crippen LogP contribution in [0.2, 0.25) is 0 Å². The van der Waals surface area contributed by atoms with Gasteiger partial charge in [0.1, 0.15) is 36.3 Å². The van der Waals surface area contributed by atoms with Crippen molar-refractivity contribution in [3.8, 4) is 0 Å². The Hall–Kier alpha value is -0.850. The monoisotopic (exact) mass is 812 g/mol. The fraction of sp³-hybridized carbons (Fsp3) is 0.977. The summed E-state index contributed by atoms with van der Waals surface area (Å²) in [6.45, 7) is 17.0. The van der Waals surface area contributed by atoms with Gasteiger partial charge in [-0.2, -0.15) is 0 Å². The highest BCUT2D eigenvalue weighted by atomic mass is 16.8. The molecule has 14 heteroatoms. The molecule has 0 aromatic carbocycles. The highest BCUT2D eigenvalue weighted by Gasteiger charge is 2.74. The second-order valence-electron chi connectivity index (χ2n) is 21.4. The molecule has 0 bridgehead atoms. The fourth-order valence-corrected chi connectivity index (χ4v) is 14.2. The second-order valence-corrected chi connectivity index (χ2v) is 21.4. The number of fused-ring (bicyclic) bond motifs is 5. The summed E-state index contributed by atoms with van der Waals surface area (Å²) in [5.74, 6) is -0.945. The first kappa shape index (κ1) is 44.2. The summed E-state index contributed by atoms with van der Waals surface area (Å²) in [4.78, 5) is 13.9. The van der Waals surface area contributed by atoms with E-state index in [1.165, 1.54) is 0 Å². The van der Waals surface area contributed by atoms with E-state index in [0.717, 1.165) is 25.7 Å². The number of carbonyl (C=O) groups excluding carboxylic acids is 1. The van der Waals surface area contributed by atoms with Gasteiger partial charge in [-0.3, -0.25) is 4.79 Å². The van der Waals surface area contributed by atoms with E-state index in [9.17, 15) is 45.6 Å². The van der Waals surface area contributed by atoms with Gasteiger partial charge in [0.05, 0.1) is 54.9 Å². The van der Waals surface area contributed by atoms with Crippen LogP contribution in [-0.2, 0) is 28.5 Å². The molecular formula is C43H72O14. The van der Waals surface area contributed by atoms with Gasteiger partial charge in [-0.05, 0) is 99.7 Å². The van der Waals surface area contributed by atoms with Gasteiger partial charge in [-0.1, -0.05) is 41.5 Å². The molecule has 0 radical (unpaired) electrons. The predicted octanol–water partition coefficient (Wildman–Crippen LogP) is 1.81. The molecule has 4 aliphatic carbocycles. The number of ether oxygens (including phenoxy) is 5. The summed E-state index contributed by atoms with van der Waals surface area (Å²) >= 11 is 0. The molecule has 0 aromatic rings. The zero-order valence-electron chi connectivity index (χ0n) is 35.4. The minimum absolute atomic E-state index is 0.0141. The van der Waals surface area contributed by atoms with E-state index >= 15 is 0 Å². The van der Waals surface area contributed by atoms with Gasteiger partial charge in [-0.15, -0.1) is 0 Å². The number of ketones is 1. The molecule has 0 aromatic heterocycles. The van der Waals surface area contributed by atoms with E-state index in [1.807, 2.05) is 13.8 Å².